The summed E-state index contributed by atoms with van der Waals surface area (Å²) in [6.07, 6.45) is 1.04. The minimum Gasteiger partial charge on any atom is -0.497 e. The number of ether oxygens (including phenoxy) is 3. The fraction of sp³-hybridized carbons (Fsp3) is 0.318. The van der Waals surface area contributed by atoms with Crippen LogP contribution < -0.4 is 19.5 Å². The van der Waals surface area contributed by atoms with Gasteiger partial charge in [-0.25, -0.2) is 0 Å². The zero-order valence-electron chi connectivity index (χ0n) is 16.7. The summed E-state index contributed by atoms with van der Waals surface area (Å²) in [5.41, 5.74) is 4.08. The number of benzene rings is 2. The summed E-state index contributed by atoms with van der Waals surface area (Å²) in [4.78, 5) is 15.8. The Bertz CT molecular complexity index is 978. The van der Waals surface area contributed by atoms with Crippen LogP contribution in [0.2, 0.25) is 0 Å². The summed E-state index contributed by atoms with van der Waals surface area (Å²) in [5, 5.41) is 4.02. The second-order valence-corrected chi connectivity index (χ2v) is 6.61. The Balaban J connectivity index is 1.62. The first-order valence-corrected chi connectivity index (χ1v) is 9.18. The molecule has 28 heavy (non-hydrogen) atoms. The van der Waals surface area contributed by atoms with Gasteiger partial charge in [0.05, 0.1) is 27.8 Å². The number of rotatable bonds is 8. The number of methoxy groups -OCH3 is 3. The lowest BCUT2D eigenvalue weighted by Crippen LogP contribution is -2.27. The summed E-state index contributed by atoms with van der Waals surface area (Å²) in [6, 6.07) is 11.6. The van der Waals surface area contributed by atoms with E-state index in [1.165, 1.54) is 0 Å². The van der Waals surface area contributed by atoms with Crippen LogP contribution in [0, 0.1) is 6.92 Å². The average Bonchev–Trinajstić information content (AvgIpc) is 3.02. The molecule has 0 atom stereocenters. The van der Waals surface area contributed by atoms with Gasteiger partial charge >= 0.3 is 0 Å². The highest BCUT2D eigenvalue weighted by molar-refractivity contribution is 5.91. The molecule has 0 radical (unpaired) electrons. The van der Waals surface area contributed by atoms with E-state index in [4.69, 9.17) is 14.2 Å². The van der Waals surface area contributed by atoms with Crippen molar-refractivity contribution in [3.63, 3.8) is 0 Å². The predicted molar refractivity (Wildman–Crippen MR) is 110 cm³/mol. The van der Waals surface area contributed by atoms with E-state index in [0.29, 0.717) is 30.9 Å². The Morgan fingerprint density at radius 2 is 1.79 bits per heavy atom. The van der Waals surface area contributed by atoms with Crippen LogP contribution in [0.4, 0.5) is 0 Å². The quantitative estimate of drug-likeness (QED) is 0.626. The predicted octanol–water partition coefficient (Wildman–Crippen LogP) is 3.40. The number of hydrogen-bond donors (Lipinski definition) is 2. The maximum atomic E-state index is 12.5. The minimum atomic E-state index is -0.00713. The van der Waals surface area contributed by atoms with Crippen LogP contribution in [0.5, 0.6) is 17.2 Å². The molecule has 6 nitrogen and oxygen atoms in total. The van der Waals surface area contributed by atoms with Gasteiger partial charge in [-0.3, -0.25) is 4.79 Å². The fourth-order valence-corrected chi connectivity index (χ4v) is 3.32. The van der Waals surface area contributed by atoms with Crippen molar-refractivity contribution < 1.29 is 19.0 Å². The first-order valence-electron chi connectivity index (χ1n) is 9.18. The van der Waals surface area contributed by atoms with Gasteiger partial charge in [0, 0.05) is 23.1 Å². The molecule has 0 saturated heterocycles. The molecule has 0 unspecified atom stereocenters. The molecule has 3 aromatic rings. The van der Waals surface area contributed by atoms with Gasteiger partial charge in [-0.05, 0) is 54.8 Å². The first kappa shape index (κ1) is 19.6. The normalized spacial score (nSPS) is 10.7. The summed E-state index contributed by atoms with van der Waals surface area (Å²) >= 11 is 0. The van der Waals surface area contributed by atoms with Gasteiger partial charge in [0.25, 0.3) is 0 Å². The number of carbonyl (C=O) groups excluding carboxylic acids is 1. The summed E-state index contributed by atoms with van der Waals surface area (Å²) < 4.78 is 15.9. The van der Waals surface area contributed by atoms with Crippen molar-refractivity contribution in [2.24, 2.45) is 0 Å². The molecule has 0 aliphatic carbocycles. The van der Waals surface area contributed by atoms with Crippen molar-refractivity contribution in [1.82, 2.24) is 10.3 Å². The maximum Gasteiger partial charge on any atom is 0.224 e. The van der Waals surface area contributed by atoms with Gasteiger partial charge < -0.3 is 24.5 Å². The molecule has 0 aliphatic heterocycles. The molecule has 2 aromatic carbocycles. The zero-order chi connectivity index (χ0) is 20.1. The van der Waals surface area contributed by atoms with Crippen molar-refractivity contribution >= 4 is 16.8 Å². The number of aryl methyl sites for hydroxylation is 1. The SMILES string of the molecule is COc1ccc2[nH]c(C)c(CC(=O)NCCc3ccc(OC)c(OC)c3)c2c1. The number of aromatic amines is 1. The van der Waals surface area contributed by atoms with Crippen LogP contribution in [0.25, 0.3) is 10.9 Å². The van der Waals surface area contributed by atoms with Crippen molar-refractivity contribution in [3.05, 3.63) is 53.2 Å². The molecule has 148 valence electrons. The molecular weight excluding hydrogens is 356 g/mol. The molecule has 2 N–H and O–H groups in total. The van der Waals surface area contributed by atoms with Gasteiger partial charge in [0.15, 0.2) is 11.5 Å². The molecule has 0 fully saturated rings. The van der Waals surface area contributed by atoms with Crippen LogP contribution in [0.15, 0.2) is 36.4 Å². The van der Waals surface area contributed by atoms with E-state index in [1.807, 2.05) is 43.3 Å². The monoisotopic (exact) mass is 382 g/mol. The molecule has 0 saturated carbocycles. The molecule has 6 heteroatoms. The highest BCUT2D eigenvalue weighted by Crippen LogP contribution is 2.28. The number of carbonyl (C=O) groups is 1. The summed E-state index contributed by atoms with van der Waals surface area (Å²) in [6.45, 7) is 2.54. The Morgan fingerprint density at radius 1 is 1.00 bits per heavy atom. The highest BCUT2D eigenvalue weighted by atomic mass is 16.5. The average molecular weight is 382 g/mol. The Kier molecular flexibility index (Phi) is 6.09. The van der Waals surface area contributed by atoms with Crippen LogP contribution in [-0.2, 0) is 17.6 Å². The number of H-pyrrole nitrogens is 1. The number of nitrogens with one attached hydrogen (secondary N) is 2. The number of hydrogen-bond acceptors (Lipinski definition) is 4. The lowest BCUT2D eigenvalue weighted by molar-refractivity contribution is -0.120. The van der Waals surface area contributed by atoms with Crippen molar-refractivity contribution in [3.8, 4) is 17.2 Å². The van der Waals surface area contributed by atoms with Crippen LogP contribution in [-0.4, -0.2) is 38.8 Å². The second-order valence-electron chi connectivity index (χ2n) is 6.61. The second kappa shape index (κ2) is 8.69. The van der Waals surface area contributed by atoms with E-state index in [9.17, 15) is 4.79 Å². The molecule has 0 aliphatic rings. The topological polar surface area (TPSA) is 72.6 Å². The Morgan fingerprint density at radius 3 is 2.50 bits per heavy atom. The lowest BCUT2D eigenvalue weighted by atomic mass is 10.1. The smallest absolute Gasteiger partial charge is 0.224 e. The zero-order valence-corrected chi connectivity index (χ0v) is 16.7. The van der Waals surface area contributed by atoms with Crippen molar-refractivity contribution in [2.45, 2.75) is 19.8 Å². The largest absolute Gasteiger partial charge is 0.497 e. The van der Waals surface area contributed by atoms with Gasteiger partial charge in [0.1, 0.15) is 5.75 Å². The van der Waals surface area contributed by atoms with Crippen LogP contribution in [0.3, 0.4) is 0 Å². The lowest BCUT2D eigenvalue weighted by Gasteiger charge is -2.10. The third-order valence-electron chi connectivity index (χ3n) is 4.85. The standard InChI is InChI=1S/C22H26N2O4/c1-14-17(18-12-16(26-2)6-7-19(18)24-14)13-22(25)23-10-9-15-5-8-20(27-3)21(11-15)28-4/h5-8,11-12,24H,9-10,13H2,1-4H3,(H,23,25). The van der Waals surface area contributed by atoms with E-state index in [2.05, 4.69) is 10.3 Å². The number of aromatic nitrogens is 1. The molecule has 0 spiro atoms. The third kappa shape index (κ3) is 4.22. The van der Waals surface area contributed by atoms with Gasteiger partial charge in [-0.1, -0.05) is 6.07 Å². The molecule has 3 rings (SSSR count). The van der Waals surface area contributed by atoms with Crippen LogP contribution >= 0.6 is 0 Å². The van der Waals surface area contributed by atoms with Crippen LogP contribution in [0.1, 0.15) is 16.8 Å². The van der Waals surface area contributed by atoms with E-state index >= 15 is 0 Å². The Hall–Kier alpha value is -3.15. The molecular formula is C22H26N2O4. The van der Waals surface area contributed by atoms with Crippen molar-refractivity contribution in [2.75, 3.05) is 27.9 Å². The number of amides is 1. The van der Waals surface area contributed by atoms with E-state index in [0.717, 1.165) is 33.5 Å². The summed E-state index contributed by atoms with van der Waals surface area (Å²) in [7, 11) is 4.86. The maximum absolute atomic E-state index is 12.5. The highest BCUT2D eigenvalue weighted by Gasteiger charge is 2.13. The third-order valence-corrected chi connectivity index (χ3v) is 4.85. The fourth-order valence-electron chi connectivity index (χ4n) is 3.32. The van der Waals surface area contributed by atoms with E-state index in [1.54, 1.807) is 21.3 Å². The minimum absolute atomic E-state index is 0.00713. The van der Waals surface area contributed by atoms with E-state index < -0.39 is 0 Å². The van der Waals surface area contributed by atoms with Crippen molar-refractivity contribution in [1.29, 1.82) is 0 Å². The first-order chi connectivity index (χ1) is 13.5. The number of fused-ring (bicyclic) bond motifs is 1. The molecule has 1 heterocycles. The van der Waals surface area contributed by atoms with Gasteiger partial charge in [-0.2, -0.15) is 0 Å². The molecule has 1 amide bonds. The van der Waals surface area contributed by atoms with Gasteiger partial charge in [0.2, 0.25) is 5.91 Å². The Labute approximate surface area is 164 Å². The molecule has 0 bridgehead atoms. The van der Waals surface area contributed by atoms with E-state index in [-0.39, 0.29) is 5.91 Å². The summed E-state index contributed by atoms with van der Waals surface area (Å²) in [5.74, 6) is 2.16. The molecule has 1 aromatic heterocycles. The van der Waals surface area contributed by atoms with Gasteiger partial charge in [-0.15, -0.1) is 0 Å².